The van der Waals surface area contributed by atoms with Gasteiger partial charge in [0.2, 0.25) is 0 Å². The third-order valence-electron chi connectivity index (χ3n) is 4.56. The van der Waals surface area contributed by atoms with Crippen LogP contribution < -0.4 is 5.90 Å². The Morgan fingerprint density at radius 1 is 1.21 bits per heavy atom. The quantitative estimate of drug-likeness (QED) is 0.223. The van der Waals surface area contributed by atoms with Crippen LogP contribution >= 0.6 is 0 Å². The summed E-state index contributed by atoms with van der Waals surface area (Å²) in [6.07, 6.45) is 13.2. The molecule has 1 aliphatic rings. The van der Waals surface area contributed by atoms with E-state index in [1.54, 1.807) is 0 Å². The van der Waals surface area contributed by atoms with Crippen LogP contribution in [0.15, 0.2) is 34.9 Å². The van der Waals surface area contributed by atoms with Gasteiger partial charge in [0, 0.05) is 0 Å². The molecule has 2 N–H and O–H groups in total. The number of esters is 1. The van der Waals surface area contributed by atoms with E-state index in [0.717, 1.165) is 38.5 Å². The van der Waals surface area contributed by atoms with Crippen molar-refractivity contribution < 1.29 is 26.4 Å². The molecule has 1 rings (SSSR count). The molecule has 0 aromatic heterocycles. The molecule has 0 fully saturated rings. The van der Waals surface area contributed by atoms with Crippen LogP contribution in [0.5, 0.6) is 0 Å². The summed E-state index contributed by atoms with van der Waals surface area (Å²) >= 11 is 0. The molecule has 0 amide bonds. The highest BCUT2D eigenvalue weighted by Crippen LogP contribution is 2.27. The van der Waals surface area contributed by atoms with Gasteiger partial charge in [0.15, 0.2) is 0 Å². The minimum atomic E-state index is -4.20. The SMILES string of the molecule is CC(C)=CCCC(C)=CCCC1=CC[C@@H](C(=O)OCCOS(=O)(=O)ON)CC1. The number of hydrogen-bond donors (Lipinski definition) is 1. The standard InChI is InChI=1S/C20H33NO6S/c1-16(2)6-4-7-17(3)8-5-9-18-10-12-19(13-11-18)20(22)25-14-15-26-28(23,24)27-21/h6,8,10,19H,4-5,7,9,11-15,21H2,1-3H3/t19-/m1/s1. The van der Waals surface area contributed by atoms with Crippen LogP contribution in [-0.4, -0.2) is 27.6 Å². The molecule has 8 heteroatoms. The molecule has 0 unspecified atom stereocenters. The molecule has 0 bridgehead atoms. The molecule has 160 valence electrons. The predicted molar refractivity (Wildman–Crippen MR) is 108 cm³/mol. The lowest BCUT2D eigenvalue weighted by molar-refractivity contribution is -0.149. The first kappa shape index (κ1) is 24.6. The zero-order chi connectivity index (χ0) is 21.0. The summed E-state index contributed by atoms with van der Waals surface area (Å²) in [7, 11) is -4.20. The number of hydrogen-bond acceptors (Lipinski definition) is 7. The van der Waals surface area contributed by atoms with Crippen molar-refractivity contribution in [2.75, 3.05) is 13.2 Å². The first-order valence-electron chi connectivity index (χ1n) is 9.64. The van der Waals surface area contributed by atoms with E-state index in [9.17, 15) is 13.2 Å². The second kappa shape index (κ2) is 12.9. The number of carbonyl (C=O) groups excluding carboxylic acids is 1. The van der Waals surface area contributed by atoms with Crippen molar-refractivity contribution >= 4 is 16.4 Å². The van der Waals surface area contributed by atoms with Crippen LogP contribution in [0.25, 0.3) is 0 Å². The predicted octanol–water partition coefficient (Wildman–Crippen LogP) is 3.88. The number of carbonyl (C=O) groups is 1. The van der Waals surface area contributed by atoms with E-state index in [1.807, 2.05) is 0 Å². The number of ether oxygens (including phenoxy) is 1. The van der Waals surface area contributed by atoms with Crippen molar-refractivity contribution in [2.45, 2.75) is 65.7 Å². The first-order valence-corrected chi connectivity index (χ1v) is 11.0. The molecule has 28 heavy (non-hydrogen) atoms. The van der Waals surface area contributed by atoms with Crippen molar-refractivity contribution in [3.05, 3.63) is 34.9 Å². The highest BCUT2D eigenvalue weighted by Gasteiger charge is 2.23. The molecule has 1 atom stereocenters. The van der Waals surface area contributed by atoms with Crippen LogP contribution in [0.3, 0.4) is 0 Å². The highest BCUT2D eigenvalue weighted by atomic mass is 32.3. The summed E-state index contributed by atoms with van der Waals surface area (Å²) in [5, 5.41) is 0. The van der Waals surface area contributed by atoms with E-state index >= 15 is 0 Å². The maximum absolute atomic E-state index is 12.0. The van der Waals surface area contributed by atoms with Crippen LogP contribution in [0.4, 0.5) is 0 Å². The van der Waals surface area contributed by atoms with E-state index in [2.05, 4.69) is 53.4 Å². The molecule has 0 aliphatic heterocycles. The van der Waals surface area contributed by atoms with E-state index in [4.69, 9.17) is 4.74 Å². The maximum atomic E-state index is 12.0. The van der Waals surface area contributed by atoms with Crippen molar-refractivity contribution in [3.63, 3.8) is 0 Å². The highest BCUT2D eigenvalue weighted by molar-refractivity contribution is 7.81. The van der Waals surface area contributed by atoms with Crippen LogP contribution in [0.2, 0.25) is 0 Å². The largest absolute Gasteiger partial charge is 0.463 e. The van der Waals surface area contributed by atoms with E-state index < -0.39 is 10.4 Å². The smallest absolute Gasteiger partial charge is 0.416 e. The summed E-state index contributed by atoms with van der Waals surface area (Å²) in [4.78, 5) is 12.0. The second-order valence-corrected chi connectivity index (χ2v) is 8.48. The van der Waals surface area contributed by atoms with Gasteiger partial charge < -0.3 is 4.74 Å². The maximum Gasteiger partial charge on any atom is 0.416 e. The Bertz CT molecular complexity index is 689. The fraction of sp³-hybridized carbons (Fsp3) is 0.650. The average molecular weight is 416 g/mol. The van der Waals surface area contributed by atoms with E-state index in [0.29, 0.717) is 6.42 Å². The first-order chi connectivity index (χ1) is 13.2. The molecular weight excluding hydrogens is 382 g/mol. The summed E-state index contributed by atoms with van der Waals surface area (Å²) in [5.41, 5.74) is 4.15. The van der Waals surface area contributed by atoms with Gasteiger partial charge in [-0.05, 0) is 65.7 Å². The van der Waals surface area contributed by atoms with Gasteiger partial charge in [-0.15, -0.1) is 0 Å². The Labute approximate surface area is 168 Å². The van der Waals surface area contributed by atoms with Gasteiger partial charge in [0.1, 0.15) is 13.2 Å². The number of allylic oxidation sites excluding steroid dienone is 6. The molecule has 0 aromatic rings. The minimum absolute atomic E-state index is 0.161. The van der Waals surface area contributed by atoms with Crippen LogP contribution in [0, 0.1) is 5.92 Å². The Kier molecular flexibility index (Phi) is 11.3. The Morgan fingerprint density at radius 3 is 2.57 bits per heavy atom. The summed E-state index contributed by atoms with van der Waals surface area (Å²) in [5.74, 6) is 4.01. The Hall–Kier alpha value is -1.48. The van der Waals surface area contributed by atoms with Crippen molar-refractivity contribution in [1.29, 1.82) is 0 Å². The van der Waals surface area contributed by atoms with E-state index in [-0.39, 0.29) is 25.1 Å². The number of rotatable bonds is 12. The van der Waals surface area contributed by atoms with Crippen molar-refractivity contribution in [1.82, 2.24) is 0 Å². The average Bonchev–Trinajstić information content (AvgIpc) is 2.65. The Morgan fingerprint density at radius 2 is 1.96 bits per heavy atom. The van der Waals surface area contributed by atoms with Gasteiger partial charge in [-0.25, -0.2) is 4.18 Å². The zero-order valence-electron chi connectivity index (χ0n) is 17.1. The molecule has 0 saturated carbocycles. The summed E-state index contributed by atoms with van der Waals surface area (Å²) in [6.45, 7) is 5.93. The lowest BCUT2D eigenvalue weighted by atomic mass is 9.87. The molecule has 0 radical (unpaired) electrons. The monoisotopic (exact) mass is 415 g/mol. The van der Waals surface area contributed by atoms with Gasteiger partial charge in [0.25, 0.3) is 0 Å². The topological polar surface area (TPSA) is 105 Å². The number of nitrogens with two attached hydrogens (primary N) is 1. The van der Waals surface area contributed by atoms with Gasteiger partial charge in [0.05, 0.1) is 5.92 Å². The van der Waals surface area contributed by atoms with Crippen molar-refractivity contribution in [3.8, 4) is 0 Å². The van der Waals surface area contributed by atoms with Crippen LogP contribution in [0.1, 0.15) is 65.7 Å². The Balaban J connectivity index is 2.26. The lowest BCUT2D eigenvalue weighted by Gasteiger charge is -2.20. The molecule has 7 nitrogen and oxygen atoms in total. The van der Waals surface area contributed by atoms with Gasteiger partial charge in [-0.2, -0.15) is 18.6 Å². The molecular formula is C20H33NO6S. The molecule has 0 spiro atoms. The summed E-state index contributed by atoms with van der Waals surface area (Å²) in [6, 6.07) is 0. The molecule has 0 heterocycles. The van der Waals surface area contributed by atoms with Crippen LogP contribution in [-0.2, 0) is 28.4 Å². The molecule has 0 saturated heterocycles. The fourth-order valence-corrected chi connectivity index (χ4v) is 3.28. The zero-order valence-corrected chi connectivity index (χ0v) is 17.9. The second-order valence-electron chi connectivity index (χ2n) is 7.24. The molecule has 1 aliphatic carbocycles. The normalized spacial score (nSPS) is 17.8. The van der Waals surface area contributed by atoms with E-state index in [1.165, 1.54) is 16.7 Å². The third kappa shape index (κ3) is 10.8. The van der Waals surface area contributed by atoms with Gasteiger partial charge >= 0.3 is 16.4 Å². The fourth-order valence-electron chi connectivity index (χ4n) is 2.95. The molecule has 0 aromatic carbocycles. The minimum Gasteiger partial charge on any atom is -0.463 e. The van der Waals surface area contributed by atoms with Crippen molar-refractivity contribution in [2.24, 2.45) is 11.8 Å². The van der Waals surface area contributed by atoms with Gasteiger partial charge in [-0.1, -0.05) is 34.9 Å². The summed E-state index contributed by atoms with van der Waals surface area (Å²) < 4.78 is 34.8. The third-order valence-corrected chi connectivity index (χ3v) is 5.25. The van der Waals surface area contributed by atoms with Gasteiger partial charge in [-0.3, -0.25) is 4.79 Å². The lowest BCUT2D eigenvalue weighted by Crippen LogP contribution is -2.23.